The first-order chi connectivity index (χ1) is 8.13. The van der Waals surface area contributed by atoms with Crippen LogP contribution in [0.5, 0.6) is 5.75 Å². The number of carboxylic acids is 1. The number of ether oxygens (including phenoxy) is 1. The van der Waals surface area contributed by atoms with Crippen LogP contribution in [0.1, 0.15) is 10.5 Å². The highest BCUT2D eigenvalue weighted by atomic mass is 19.1. The third-order valence-corrected chi connectivity index (χ3v) is 2.23. The summed E-state index contributed by atoms with van der Waals surface area (Å²) < 4.78 is 18.8. The molecule has 0 aliphatic rings. The molecule has 1 N–H and O–H groups in total. The van der Waals surface area contributed by atoms with Gasteiger partial charge in [0, 0.05) is 0 Å². The van der Waals surface area contributed by atoms with Crippen molar-refractivity contribution in [2.75, 3.05) is 7.11 Å². The van der Waals surface area contributed by atoms with E-state index >= 15 is 0 Å². The quantitative estimate of drug-likeness (QED) is 0.881. The molecule has 2 aromatic rings. The van der Waals surface area contributed by atoms with Gasteiger partial charge in [0.15, 0.2) is 11.4 Å². The molecule has 0 bridgehead atoms. The van der Waals surface area contributed by atoms with Gasteiger partial charge in [0.2, 0.25) is 0 Å². The van der Waals surface area contributed by atoms with Crippen LogP contribution in [-0.2, 0) is 0 Å². The lowest BCUT2D eigenvalue weighted by molar-refractivity contribution is 0.0683. The summed E-state index contributed by atoms with van der Waals surface area (Å²) in [6.07, 6.45) is 1.30. The Morgan fingerprint density at radius 1 is 1.41 bits per heavy atom. The highest BCUT2D eigenvalue weighted by Crippen LogP contribution is 2.21. The van der Waals surface area contributed by atoms with Crippen LogP contribution >= 0.6 is 0 Å². The number of carboxylic acid groups (broad SMARTS) is 1. The molecule has 2 rings (SSSR count). The van der Waals surface area contributed by atoms with Crippen LogP contribution in [0.4, 0.5) is 4.39 Å². The summed E-state index contributed by atoms with van der Waals surface area (Å²) in [6, 6.07) is 5.34. The molecule has 0 saturated carbocycles. The second-order valence-corrected chi connectivity index (χ2v) is 3.25. The van der Waals surface area contributed by atoms with Crippen molar-refractivity contribution >= 4 is 5.97 Å². The van der Waals surface area contributed by atoms with E-state index in [-0.39, 0.29) is 11.4 Å². The van der Waals surface area contributed by atoms with E-state index in [0.717, 1.165) is 0 Å². The van der Waals surface area contributed by atoms with Crippen molar-refractivity contribution < 1.29 is 19.0 Å². The number of aromatic nitrogens is 2. The number of halogens is 1. The summed E-state index contributed by atoms with van der Waals surface area (Å²) in [5.74, 6) is -1.41. The molecular weight excluding hydrogens is 227 g/mol. The average Bonchev–Trinajstić information content (AvgIpc) is 2.73. The summed E-state index contributed by atoms with van der Waals surface area (Å²) in [6.45, 7) is 0. The Labute approximate surface area is 96.1 Å². The van der Waals surface area contributed by atoms with Gasteiger partial charge in [-0.05, 0) is 24.3 Å². The van der Waals surface area contributed by atoms with Crippen molar-refractivity contribution in [1.29, 1.82) is 0 Å². The van der Waals surface area contributed by atoms with Gasteiger partial charge in [-0.3, -0.25) is 0 Å². The van der Waals surface area contributed by atoms with Gasteiger partial charge < -0.3 is 9.84 Å². The van der Waals surface area contributed by atoms with Crippen molar-refractivity contribution in [2.45, 2.75) is 0 Å². The molecule has 17 heavy (non-hydrogen) atoms. The molecule has 88 valence electrons. The molecule has 0 fully saturated rings. The van der Waals surface area contributed by atoms with E-state index in [4.69, 9.17) is 9.84 Å². The van der Waals surface area contributed by atoms with Gasteiger partial charge in [0.1, 0.15) is 5.82 Å². The van der Waals surface area contributed by atoms with Crippen LogP contribution < -0.4 is 4.74 Å². The Hall–Kier alpha value is -2.37. The Kier molecular flexibility index (Phi) is 2.78. The number of aromatic carboxylic acids is 1. The minimum Gasteiger partial charge on any atom is -0.493 e. The average molecular weight is 236 g/mol. The van der Waals surface area contributed by atoms with Crippen LogP contribution in [0.3, 0.4) is 0 Å². The predicted molar refractivity (Wildman–Crippen MR) is 57.0 cm³/mol. The van der Waals surface area contributed by atoms with E-state index in [0.29, 0.717) is 5.69 Å². The molecule has 0 aliphatic carbocycles. The van der Waals surface area contributed by atoms with E-state index in [1.165, 1.54) is 42.3 Å². The van der Waals surface area contributed by atoms with Gasteiger partial charge in [0.25, 0.3) is 0 Å². The zero-order chi connectivity index (χ0) is 12.4. The van der Waals surface area contributed by atoms with Crippen molar-refractivity contribution in [2.24, 2.45) is 0 Å². The fourth-order valence-electron chi connectivity index (χ4n) is 1.46. The van der Waals surface area contributed by atoms with Gasteiger partial charge in [-0.25, -0.2) is 13.9 Å². The number of methoxy groups -OCH3 is 1. The maximum atomic E-state index is 12.8. The molecule has 1 aromatic heterocycles. The van der Waals surface area contributed by atoms with Crippen LogP contribution in [0.15, 0.2) is 30.5 Å². The van der Waals surface area contributed by atoms with E-state index in [2.05, 4.69) is 5.10 Å². The number of hydrogen-bond acceptors (Lipinski definition) is 3. The van der Waals surface area contributed by atoms with Crippen molar-refractivity contribution in [3.8, 4) is 11.4 Å². The van der Waals surface area contributed by atoms with Crippen LogP contribution in [-0.4, -0.2) is 28.0 Å². The first-order valence-electron chi connectivity index (χ1n) is 4.74. The fraction of sp³-hybridized carbons (Fsp3) is 0.0909. The Morgan fingerprint density at radius 2 is 2.06 bits per heavy atom. The zero-order valence-corrected chi connectivity index (χ0v) is 8.92. The third kappa shape index (κ3) is 1.96. The SMILES string of the molecule is COc1cnn(-c2ccc(F)cc2)c1C(=O)O. The molecule has 6 heteroatoms. The molecule has 0 atom stereocenters. The predicted octanol–water partition coefficient (Wildman–Crippen LogP) is 1.72. The number of carbonyl (C=O) groups is 1. The lowest BCUT2D eigenvalue weighted by Gasteiger charge is -2.05. The topological polar surface area (TPSA) is 64.4 Å². The summed E-state index contributed by atoms with van der Waals surface area (Å²) in [5.41, 5.74) is 0.353. The molecule has 0 spiro atoms. The fourth-order valence-corrected chi connectivity index (χ4v) is 1.46. The molecule has 0 radical (unpaired) electrons. The maximum Gasteiger partial charge on any atom is 0.358 e. The smallest absolute Gasteiger partial charge is 0.358 e. The van der Waals surface area contributed by atoms with E-state index in [1.807, 2.05) is 0 Å². The minimum atomic E-state index is -1.16. The summed E-state index contributed by atoms with van der Waals surface area (Å²) in [5, 5.41) is 13.0. The zero-order valence-electron chi connectivity index (χ0n) is 8.92. The maximum absolute atomic E-state index is 12.8. The lowest BCUT2D eigenvalue weighted by Crippen LogP contribution is -2.09. The standard InChI is InChI=1S/C11H9FN2O3/c1-17-9-6-13-14(10(9)11(15)16)8-4-2-7(12)3-5-8/h2-6H,1H3,(H,15,16). The van der Waals surface area contributed by atoms with Crippen molar-refractivity contribution in [3.63, 3.8) is 0 Å². The third-order valence-electron chi connectivity index (χ3n) is 2.23. The normalized spacial score (nSPS) is 10.2. The first kappa shape index (κ1) is 11.1. The van der Waals surface area contributed by atoms with E-state index in [1.54, 1.807) is 0 Å². The number of benzene rings is 1. The molecule has 0 amide bonds. The molecule has 0 unspecified atom stereocenters. The molecule has 0 saturated heterocycles. The van der Waals surface area contributed by atoms with Crippen LogP contribution in [0, 0.1) is 5.82 Å². The lowest BCUT2D eigenvalue weighted by atomic mass is 10.3. The Morgan fingerprint density at radius 3 is 2.59 bits per heavy atom. The van der Waals surface area contributed by atoms with Crippen molar-refractivity contribution in [1.82, 2.24) is 9.78 Å². The van der Waals surface area contributed by atoms with Gasteiger partial charge in [-0.15, -0.1) is 0 Å². The van der Waals surface area contributed by atoms with Gasteiger partial charge in [-0.2, -0.15) is 5.10 Å². The van der Waals surface area contributed by atoms with E-state index in [9.17, 15) is 9.18 Å². The summed E-state index contributed by atoms with van der Waals surface area (Å²) >= 11 is 0. The molecule has 1 heterocycles. The van der Waals surface area contributed by atoms with Crippen LogP contribution in [0.2, 0.25) is 0 Å². The number of nitrogens with zero attached hydrogens (tertiary/aromatic N) is 2. The Bertz CT molecular complexity index is 548. The van der Waals surface area contributed by atoms with Gasteiger partial charge in [-0.1, -0.05) is 0 Å². The molecule has 0 aliphatic heterocycles. The number of hydrogen-bond donors (Lipinski definition) is 1. The van der Waals surface area contributed by atoms with Gasteiger partial charge in [0.05, 0.1) is 19.0 Å². The van der Waals surface area contributed by atoms with Crippen molar-refractivity contribution in [3.05, 3.63) is 42.0 Å². The van der Waals surface area contributed by atoms with Crippen LogP contribution in [0.25, 0.3) is 5.69 Å². The second kappa shape index (κ2) is 4.25. The largest absolute Gasteiger partial charge is 0.493 e. The monoisotopic (exact) mass is 236 g/mol. The number of rotatable bonds is 3. The molecule has 5 nitrogen and oxygen atoms in total. The van der Waals surface area contributed by atoms with E-state index < -0.39 is 11.8 Å². The highest BCUT2D eigenvalue weighted by Gasteiger charge is 2.19. The Balaban J connectivity index is 2.55. The molecule has 1 aromatic carbocycles. The highest BCUT2D eigenvalue weighted by molar-refractivity contribution is 5.89. The first-order valence-corrected chi connectivity index (χ1v) is 4.74. The summed E-state index contributed by atoms with van der Waals surface area (Å²) in [4.78, 5) is 11.1. The minimum absolute atomic E-state index is 0.0980. The molecular formula is C11H9FN2O3. The van der Waals surface area contributed by atoms with Gasteiger partial charge >= 0.3 is 5.97 Å². The second-order valence-electron chi connectivity index (χ2n) is 3.25. The summed E-state index contributed by atoms with van der Waals surface area (Å²) in [7, 11) is 1.36.